The Kier molecular flexibility index (Phi) is 8.15. The lowest BCUT2D eigenvalue weighted by Crippen LogP contribution is -2.01. The van der Waals surface area contributed by atoms with Gasteiger partial charge in [0.15, 0.2) is 17.5 Å². The fourth-order valence-electron chi connectivity index (χ4n) is 9.88. The van der Waals surface area contributed by atoms with Crippen molar-refractivity contribution in [3.63, 3.8) is 0 Å². The second-order valence-electron chi connectivity index (χ2n) is 16.4. The molecule has 5 nitrogen and oxygen atoms in total. The summed E-state index contributed by atoms with van der Waals surface area (Å²) in [5.74, 6) is 1.89. The van der Waals surface area contributed by atoms with Crippen LogP contribution in [0.15, 0.2) is 224 Å². The van der Waals surface area contributed by atoms with Crippen LogP contribution >= 0.6 is 0 Å². The van der Waals surface area contributed by atoms with E-state index in [4.69, 9.17) is 15.0 Å². The molecule has 0 N–H and O–H groups in total. The number of para-hydroxylation sites is 2. The molecule has 0 unspecified atom stereocenters. The summed E-state index contributed by atoms with van der Waals surface area (Å²) in [6.45, 7) is 0. The van der Waals surface area contributed by atoms with Gasteiger partial charge < -0.3 is 9.13 Å². The molecule has 13 aromatic rings. The minimum Gasteiger partial charge on any atom is -0.309 e. The Balaban J connectivity index is 1.11. The molecule has 10 aromatic carbocycles. The van der Waals surface area contributed by atoms with E-state index < -0.39 is 0 Å². The normalized spacial score (nSPS) is 11.8. The van der Waals surface area contributed by atoms with Gasteiger partial charge in [0.1, 0.15) is 0 Å². The van der Waals surface area contributed by atoms with Crippen LogP contribution in [0, 0.1) is 0 Å². The number of aromatic nitrogens is 5. The van der Waals surface area contributed by atoms with Crippen molar-refractivity contribution in [1.82, 2.24) is 24.1 Å². The van der Waals surface area contributed by atoms with Crippen LogP contribution < -0.4 is 0 Å². The van der Waals surface area contributed by atoms with E-state index in [0.717, 1.165) is 44.7 Å². The van der Waals surface area contributed by atoms with Gasteiger partial charge in [-0.3, -0.25) is 0 Å². The number of nitrogens with zero attached hydrogens (tertiary/aromatic N) is 5. The summed E-state index contributed by atoms with van der Waals surface area (Å²) < 4.78 is 4.85. The maximum atomic E-state index is 5.14. The monoisotopic (exact) mass is 815 g/mol. The first-order chi connectivity index (χ1) is 31.7. The Labute approximate surface area is 368 Å². The van der Waals surface area contributed by atoms with Gasteiger partial charge in [0.25, 0.3) is 0 Å². The van der Waals surface area contributed by atoms with E-state index in [1.54, 1.807) is 0 Å². The maximum Gasteiger partial charge on any atom is 0.164 e. The molecule has 0 radical (unpaired) electrons. The van der Waals surface area contributed by atoms with Crippen LogP contribution in [-0.2, 0) is 0 Å². The van der Waals surface area contributed by atoms with Gasteiger partial charge in [-0.25, -0.2) is 15.0 Å². The molecule has 13 rings (SSSR count). The summed E-state index contributed by atoms with van der Waals surface area (Å²) in [6, 6.07) is 80.0. The summed E-state index contributed by atoms with van der Waals surface area (Å²) in [5, 5.41) is 9.70. The molecule has 0 atom stereocenters. The quantitative estimate of drug-likeness (QED) is 0.168. The van der Waals surface area contributed by atoms with Gasteiger partial charge in [-0.15, -0.1) is 0 Å². The summed E-state index contributed by atoms with van der Waals surface area (Å²) >= 11 is 0. The SMILES string of the molecule is c1ccc(-c2nc(-c3ccccc3)nc(-c3cccc(-n4c5ccc6ccccc6c5c5cc6ccccc6c(-c6ccc7c(c6)c6ccccc6n7-c6ccccc6)c54)c3)n2)cc1. The zero-order chi connectivity index (χ0) is 42.1. The third-order valence-electron chi connectivity index (χ3n) is 12.7. The second-order valence-corrected chi connectivity index (χ2v) is 16.4. The van der Waals surface area contributed by atoms with Gasteiger partial charge in [-0.2, -0.15) is 0 Å². The Hall–Kier alpha value is -8.67. The molecule has 0 saturated heterocycles. The summed E-state index contributed by atoms with van der Waals surface area (Å²) in [5.41, 5.74) is 11.9. The topological polar surface area (TPSA) is 48.5 Å². The molecule has 0 bridgehead atoms. The van der Waals surface area contributed by atoms with Crippen molar-refractivity contribution in [2.24, 2.45) is 0 Å². The predicted octanol–water partition coefficient (Wildman–Crippen LogP) is 15.0. The van der Waals surface area contributed by atoms with Crippen LogP contribution in [-0.4, -0.2) is 24.1 Å². The number of rotatable bonds is 6. The minimum absolute atomic E-state index is 0.617. The lowest BCUT2D eigenvalue weighted by Gasteiger charge is -2.16. The van der Waals surface area contributed by atoms with E-state index >= 15 is 0 Å². The molecule has 0 fully saturated rings. The number of benzene rings is 10. The lowest BCUT2D eigenvalue weighted by molar-refractivity contribution is 1.07. The average Bonchev–Trinajstić information content (AvgIpc) is 3.89. The van der Waals surface area contributed by atoms with Crippen LogP contribution in [0.5, 0.6) is 0 Å². The Morgan fingerprint density at radius 3 is 1.56 bits per heavy atom. The van der Waals surface area contributed by atoms with E-state index in [-0.39, 0.29) is 0 Å². The van der Waals surface area contributed by atoms with Crippen LogP contribution in [0.1, 0.15) is 0 Å². The van der Waals surface area contributed by atoms with E-state index in [9.17, 15) is 0 Å². The molecule has 64 heavy (non-hydrogen) atoms. The standard InChI is InChI=1S/C59H37N5/c1-4-18-39(19-5-1)57-60-58(40-20-6-2-7-21-40)62-59(61-57)43-23-16-26-45(35-43)64-53-34-31-38-17-10-12-27-46(38)55(53)50-36-41-22-11-13-28-47(41)54(56(50)64)42-32-33-52-49(37-42)48-29-14-15-30-51(48)63(52)44-24-8-3-9-25-44/h1-37H. The van der Waals surface area contributed by atoms with E-state index in [2.05, 4.69) is 197 Å². The zero-order valence-electron chi connectivity index (χ0n) is 34.6. The van der Waals surface area contributed by atoms with Crippen molar-refractivity contribution in [3.05, 3.63) is 224 Å². The first-order valence-electron chi connectivity index (χ1n) is 21.7. The first-order valence-corrected chi connectivity index (χ1v) is 21.7. The summed E-state index contributed by atoms with van der Waals surface area (Å²) in [6.07, 6.45) is 0. The van der Waals surface area contributed by atoms with Crippen LogP contribution in [0.2, 0.25) is 0 Å². The van der Waals surface area contributed by atoms with Crippen molar-refractivity contribution in [2.45, 2.75) is 0 Å². The van der Waals surface area contributed by atoms with Crippen LogP contribution in [0.3, 0.4) is 0 Å². The molecular weight excluding hydrogens is 779 g/mol. The Morgan fingerprint density at radius 2 is 0.828 bits per heavy atom. The third-order valence-corrected chi connectivity index (χ3v) is 12.7. The molecule has 3 heterocycles. The highest BCUT2D eigenvalue weighted by Gasteiger charge is 2.23. The molecule has 0 saturated carbocycles. The lowest BCUT2D eigenvalue weighted by atomic mass is 9.93. The fraction of sp³-hybridized carbons (Fsp3) is 0. The van der Waals surface area contributed by atoms with Crippen LogP contribution in [0.4, 0.5) is 0 Å². The summed E-state index contributed by atoms with van der Waals surface area (Å²) in [7, 11) is 0. The summed E-state index contributed by atoms with van der Waals surface area (Å²) in [4.78, 5) is 15.3. The second kappa shape index (κ2) is 14.5. The van der Waals surface area contributed by atoms with E-state index in [1.165, 1.54) is 59.7 Å². The molecule has 5 heteroatoms. The third kappa shape index (κ3) is 5.68. The van der Waals surface area contributed by atoms with Crippen molar-refractivity contribution < 1.29 is 0 Å². The molecule has 0 aliphatic rings. The van der Waals surface area contributed by atoms with Gasteiger partial charge in [-0.1, -0.05) is 170 Å². The van der Waals surface area contributed by atoms with Gasteiger partial charge in [0.05, 0.1) is 22.1 Å². The van der Waals surface area contributed by atoms with Crippen molar-refractivity contribution in [2.75, 3.05) is 0 Å². The Bertz CT molecular complexity index is 3890. The van der Waals surface area contributed by atoms with E-state index in [1.807, 2.05) is 36.4 Å². The number of hydrogen-bond acceptors (Lipinski definition) is 3. The molecular formula is C59H37N5. The highest BCUT2D eigenvalue weighted by Crippen LogP contribution is 2.46. The first kappa shape index (κ1) is 36.0. The zero-order valence-corrected chi connectivity index (χ0v) is 34.6. The molecule has 0 amide bonds. The number of fused-ring (bicyclic) bond motifs is 9. The van der Waals surface area contributed by atoms with Crippen molar-refractivity contribution >= 4 is 65.2 Å². The molecule has 3 aromatic heterocycles. The largest absolute Gasteiger partial charge is 0.309 e. The molecule has 0 spiro atoms. The molecule has 0 aliphatic heterocycles. The van der Waals surface area contributed by atoms with Gasteiger partial charge >= 0.3 is 0 Å². The smallest absolute Gasteiger partial charge is 0.164 e. The highest BCUT2D eigenvalue weighted by atomic mass is 15.0. The molecule has 298 valence electrons. The van der Waals surface area contributed by atoms with Crippen molar-refractivity contribution in [1.29, 1.82) is 0 Å². The van der Waals surface area contributed by atoms with Gasteiger partial charge in [0.2, 0.25) is 0 Å². The fourth-order valence-corrected chi connectivity index (χ4v) is 9.88. The minimum atomic E-state index is 0.617. The van der Waals surface area contributed by atoms with E-state index in [0.29, 0.717) is 17.5 Å². The Morgan fingerprint density at radius 1 is 0.281 bits per heavy atom. The number of hydrogen-bond donors (Lipinski definition) is 0. The highest BCUT2D eigenvalue weighted by molar-refractivity contribution is 6.27. The predicted molar refractivity (Wildman–Crippen MR) is 265 cm³/mol. The maximum absolute atomic E-state index is 5.14. The van der Waals surface area contributed by atoms with Crippen LogP contribution in [0.25, 0.3) is 122 Å². The molecule has 0 aliphatic carbocycles. The average molecular weight is 816 g/mol. The van der Waals surface area contributed by atoms with Crippen molar-refractivity contribution in [3.8, 4) is 56.7 Å². The van der Waals surface area contributed by atoms with Gasteiger partial charge in [0, 0.05) is 55.2 Å². The van der Waals surface area contributed by atoms with Gasteiger partial charge in [-0.05, 0) is 81.7 Å².